The Hall–Kier alpha value is -3.52. The standard InChI is InChI=1S/C18H13N3O4S/c22-17(20-18(26)19-12-6-2-1-3-7-12)16-11-10-15(25-16)13-8-4-5-9-14(13)21(23)24/h1-11H,(H2,19,20,22,26). The number of nitro groups is 1. The molecule has 3 rings (SSSR count). The van der Waals surface area contributed by atoms with Crippen LogP contribution in [0.15, 0.2) is 71.1 Å². The van der Waals surface area contributed by atoms with E-state index in [1.54, 1.807) is 30.3 Å². The van der Waals surface area contributed by atoms with Gasteiger partial charge in [0.1, 0.15) is 5.76 Å². The molecule has 0 spiro atoms. The first-order valence-corrected chi connectivity index (χ1v) is 7.96. The molecule has 8 heteroatoms. The molecule has 3 aromatic rings. The van der Waals surface area contributed by atoms with Gasteiger partial charge in [-0.3, -0.25) is 20.2 Å². The van der Waals surface area contributed by atoms with Crippen LogP contribution in [0.5, 0.6) is 0 Å². The van der Waals surface area contributed by atoms with Gasteiger partial charge in [-0.25, -0.2) is 0 Å². The number of nitro benzene ring substituents is 1. The van der Waals surface area contributed by atoms with Gasteiger partial charge in [-0.2, -0.15) is 0 Å². The van der Waals surface area contributed by atoms with Gasteiger partial charge < -0.3 is 9.73 Å². The first-order valence-electron chi connectivity index (χ1n) is 7.55. The van der Waals surface area contributed by atoms with E-state index in [-0.39, 0.29) is 22.3 Å². The molecule has 0 radical (unpaired) electrons. The zero-order chi connectivity index (χ0) is 18.5. The number of hydrogen-bond donors (Lipinski definition) is 2. The normalized spacial score (nSPS) is 10.2. The summed E-state index contributed by atoms with van der Waals surface area (Å²) in [6, 6.07) is 18.2. The number of thiocarbonyl (C=S) groups is 1. The third-order valence-corrected chi connectivity index (χ3v) is 3.66. The zero-order valence-electron chi connectivity index (χ0n) is 13.3. The van der Waals surface area contributed by atoms with Crippen LogP contribution in [0.1, 0.15) is 10.6 Å². The van der Waals surface area contributed by atoms with E-state index in [0.29, 0.717) is 5.56 Å². The quantitative estimate of drug-likeness (QED) is 0.411. The highest BCUT2D eigenvalue weighted by molar-refractivity contribution is 7.80. The minimum absolute atomic E-state index is 0.00429. The highest BCUT2D eigenvalue weighted by Gasteiger charge is 2.19. The maximum atomic E-state index is 12.2. The fraction of sp³-hybridized carbons (Fsp3) is 0. The van der Waals surface area contributed by atoms with E-state index in [2.05, 4.69) is 10.6 Å². The Morgan fingerprint density at radius 3 is 2.42 bits per heavy atom. The maximum absolute atomic E-state index is 12.2. The zero-order valence-corrected chi connectivity index (χ0v) is 14.2. The number of furan rings is 1. The number of para-hydroxylation sites is 2. The maximum Gasteiger partial charge on any atom is 0.293 e. The summed E-state index contributed by atoms with van der Waals surface area (Å²) in [5.74, 6) is -0.331. The highest BCUT2D eigenvalue weighted by atomic mass is 32.1. The number of carbonyl (C=O) groups excluding carboxylic acids is 1. The first kappa shape index (κ1) is 17.3. The average Bonchev–Trinajstić information content (AvgIpc) is 3.12. The molecule has 2 aromatic carbocycles. The summed E-state index contributed by atoms with van der Waals surface area (Å²) in [6.07, 6.45) is 0. The van der Waals surface area contributed by atoms with E-state index in [1.807, 2.05) is 18.2 Å². The molecule has 0 aliphatic rings. The van der Waals surface area contributed by atoms with Crippen molar-refractivity contribution in [2.45, 2.75) is 0 Å². The van der Waals surface area contributed by atoms with Crippen molar-refractivity contribution in [2.24, 2.45) is 0 Å². The number of nitrogens with zero attached hydrogens (tertiary/aromatic N) is 1. The van der Waals surface area contributed by atoms with Gasteiger partial charge in [0.2, 0.25) is 0 Å². The van der Waals surface area contributed by atoms with Crippen molar-refractivity contribution >= 4 is 34.6 Å². The van der Waals surface area contributed by atoms with Crippen molar-refractivity contribution in [1.29, 1.82) is 0 Å². The van der Waals surface area contributed by atoms with E-state index >= 15 is 0 Å². The SMILES string of the molecule is O=C(NC(=S)Nc1ccccc1)c1ccc(-c2ccccc2[N+](=O)[O-])o1. The minimum atomic E-state index is -0.553. The molecule has 0 unspecified atom stereocenters. The Labute approximate surface area is 153 Å². The molecule has 0 bridgehead atoms. The summed E-state index contributed by atoms with van der Waals surface area (Å²) in [5.41, 5.74) is 0.925. The topological polar surface area (TPSA) is 97.4 Å². The molecule has 26 heavy (non-hydrogen) atoms. The highest BCUT2D eigenvalue weighted by Crippen LogP contribution is 2.30. The molecule has 7 nitrogen and oxygen atoms in total. The third-order valence-electron chi connectivity index (χ3n) is 3.45. The van der Waals surface area contributed by atoms with Gasteiger partial charge >= 0.3 is 0 Å². The second-order valence-corrected chi connectivity index (χ2v) is 5.62. The summed E-state index contributed by atoms with van der Waals surface area (Å²) in [4.78, 5) is 22.9. The summed E-state index contributed by atoms with van der Waals surface area (Å²) < 4.78 is 5.47. The van der Waals surface area contributed by atoms with Crippen LogP contribution in [0, 0.1) is 10.1 Å². The van der Waals surface area contributed by atoms with E-state index in [4.69, 9.17) is 16.6 Å². The summed E-state index contributed by atoms with van der Waals surface area (Å²) in [6.45, 7) is 0. The van der Waals surface area contributed by atoms with Crippen molar-refractivity contribution in [2.75, 3.05) is 5.32 Å². The van der Waals surface area contributed by atoms with Crippen LogP contribution in [-0.2, 0) is 0 Å². The fourth-order valence-corrected chi connectivity index (χ4v) is 2.50. The Morgan fingerprint density at radius 1 is 1.00 bits per heavy atom. The van der Waals surface area contributed by atoms with Crippen LogP contribution < -0.4 is 10.6 Å². The van der Waals surface area contributed by atoms with E-state index in [9.17, 15) is 14.9 Å². The molecule has 1 amide bonds. The number of anilines is 1. The fourth-order valence-electron chi connectivity index (χ4n) is 2.29. The third kappa shape index (κ3) is 3.93. The predicted molar refractivity (Wildman–Crippen MR) is 101 cm³/mol. The molecular formula is C18H13N3O4S. The molecule has 0 aliphatic carbocycles. The Kier molecular flexibility index (Phi) is 5.04. The number of nitrogens with one attached hydrogen (secondary N) is 2. The van der Waals surface area contributed by atoms with Crippen molar-refractivity contribution in [1.82, 2.24) is 5.32 Å². The van der Waals surface area contributed by atoms with E-state index in [0.717, 1.165) is 5.69 Å². The van der Waals surface area contributed by atoms with Gasteiger partial charge in [-0.1, -0.05) is 30.3 Å². The number of rotatable bonds is 4. The summed E-state index contributed by atoms with van der Waals surface area (Å²) in [5, 5.41) is 16.6. The molecule has 0 saturated carbocycles. The van der Waals surface area contributed by atoms with E-state index < -0.39 is 10.8 Å². The molecule has 1 heterocycles. The molecule has 2 N–H and O–H groups in total. The molecule has 1 aromatic heterocycles. The number of amides is 1. The summed E-state index contributed by atoms with van der Waals surface area (Å²) >= 11 is 5.09. The number of carbonyl (C=O) groups is 1. The molecule has 130 valence electrons. The second kappa shape index (κ2) is 7.58. The first-order chi connectivity index (χ1) is 12.5. The number of hydrogen-bond acceptors (Lipinski definition) is 5. The lowest BCUT2D eigenvalue weighted by Crippen LogP contribution is -2.33. The van der Waals surface area contributed by atoms with Crippen LogP contribution in [-0.4, -0.2) is 15.9 Å². The Balaban J connectivity index is 1.73. The Morgan fingerprint density at radius 2 is 1.69 bits per heavy atom. The molecule has 0 fully saturated rings. The van der Waals surface area contributed by atoms with Crippen LogP contribution in [0.3, 0.4) is 0 Å². The smallest absolute Gasteiger partial charge is 0.293 e. The molecule has 0 atom stereocenters. The molecular weight excluding hydrogens is 354 g/mol. The van der Waals surface area contributed by atoms with E-state index in [1.165, 1.54) is 18.2 Å². The lowest BCUT2D eigenvalue weighted by Gasteiger charge is -2.08. The summed E-state index contributed by atoms with van der Waals surface area (Å²) in [7, 11) is 0. The van der Waals surface area contributed by atoms with Crippen molar-refractivity contribution in [3.63, 3.8) is 0 Å². The van der Waals surface area contributed by atoms with Crippen LogP contribution in [0.2, 0.25) is 0 Å². The van der Waals surface area contributed by atoms with Gasteiger partial charge in [-0.15, -0.1) is 0 Å². The lowest BCUT2D eigenvalue weighted by molar-refractivity contribution is -0.384. The van der Waals surface area contributed by atoms with Crippen molar-refractivity contribution in [3.8, 4) is 11.3 Å². The largest absolute Gasteiger partial charge is 0.451 e. The van der Waals surface area contributed by atoms with Gasteiger partial charge in [0.15, 0.2) is 10.9 Å². The van der Waals surface area contributed by atoms with Gasteiger partial charge in [0.25, 0.3) is 11.6 Å². The monoisotopic (exact) mass is 367 g/mol. The van der Waals surface area contributed by atoms with Crippen LogP contribution in [0.4, 0.5) is 11.4 Å². The van der Waals surface area contributed by atoms with Crippen molar-refractivity contribution < 1.29 is 14.1 Å². The molecule has 0 saturated heterocycles. The van der Waals surface area contributed by atoms with Gasteiger partial charge in [-0.05, 0) is 42.5 Å². The lowest BCUT2D eigenvalue weighted by atomic mass is 10.1. The molecule has 0 aliphatic heterocycles. The van der Waals surface area contributed by atoms with Crippen LogP contribution >= 0.6 is 12.2 Å². The second-order valence-electron chi connectivity index (χ2n) is 5.21. The van der Waals surface area contributed by atoms with Gasteiger partial charge in [0.05, 0.1) is 10.5 Å². The van der Waals surface area contributed by atoms with Crippen LogP contribution in [0.25, 0.3) is 11.3 Å². The predicted octanol–water partition coefficient (Wildman–Crippen LogP) is 3.98. The number of benzene rings is 2. The van der Waals surface area contributed by atoms with Crippen molar-refractivity contribution in [3.05, 3.63) is 82.6 Å². The average molecular weight is 367 g/mol. The Bertz CT molecular complexity index is 969. The minimum Gasteiger partial charge on any atom is -0.451 e. The van der Waals surface area contributed by atoms with Gasteiger partial charge in [0, 0.05) is 11.8 Å².